The summed E-state index contributed by atoms with van der Waals surface area (Å²) in [6, 6.07) is 5.86. The van der Waals surface area contributed by atoms with Crippen molar-refractivity contribution >= 4 is 23.2 Å². The van der Waals surface area contributed by atoms with Crippen molar-refractivity contribution in [2.75, 3.05) is 14.1 Å². The summed E-state index contributed by atoms with van der Waals surface area (Å²) >= 11 is 12.3. The summed E-state index contributed by atoms with van der Waals surface area (Å²) in [5.74, 6) is 0. The number of hydrogen-bond acceptors (Lipinski definition) is 2. The van der Waals surface area contributed by atoms with Gasteiger partial charge in [-0.15, -0.1) is 0 Å². The van der Waals surface area contributed by atoms with Gasteiger partial charge < -0.3 is 10.6 Å². The number of benzene rings is 1. The maximum Gasteiger partial charge on any atom is 0.0624 e. The van der Waals surface area contributed by atoms with Crippen LogP contribution in [0.1, 0.15) is 31.2 Å². The monoisotopic (exact) mass is 300 g/mol. The Hall–Kier alpha value is -0.280. The molecule has 0 spiro atoms. The van der Waals surface area contributed by atoms with Crippen LogP contribution in [0.2, 0.25) is 10.0 Å². The Kier molecular flexibility index (Phi) is 4.78. The van der Waals surface area contributed by atoms with Crippen LogP contribution < -0.4 is 5.73 Å². The van der Waals surface area contributed by atoms with Crippen LogP contribution >= 0.6 is 23.2 Å². The maximum absolute atomic E-state index is 6.52. The van der Waals surface area contributed by atoms with Gasteiger partial charge in [0.25, 0.3) is 0 Å². The minimum Gasteiger partial charge on any atom is -0.326 e. The molecule has 1 fully saturated rings. The Balaban J connectivity index is 2.20. The van der Waals surface area contributed by atoms with Gasteiger partial charge in [-0.3, -0.25) is 0 Å². The van der Waals surface area contributed by atoms with Gasteiger partial charge >= 0.3 is 0 Å². The molecule has 4 heteroatoms. The third kappa shape index (κ3) is 2.92. The van der Waals surface area contributed by atoms with E-state index in [4.69, 9.17) is 28.9 Å². The van der Waals surface area contributed by atoms with Crippen molar-refractivity contribution in [2.24, 2.45) is 5.73 Å². The second-order valence-corrected chi connectivity index (χ2v) is 6.51. The molecule has 1 saturated carbocycles. The first-order chi connectivity index (χ1) is 8.97. The minimum absolute atomic E-state index is 0.0842. The van der Waals surface area contributed by atoms with Crippen LogP contribution in [0.3, 0.4) is 0 Å². The van der Waals surface area contributed by atoms with Gasteiger partial charge in [0, 0.05) is 11.6 Å². The summed E-state index contributed by atoms with van der Waals surface area (Å²) in [5, 5.41) is 1.25. The first-order valence-corrected chi connectivity index (χ1v) is 7.59. The molecule has 0 radical (unpaired) electrons. The molecule has 106 valence electrons. The molecule has 1 aromatic carbocycles. The Labute approximate surface area is 125 Å². The van der Waals surface area contributed by atoms with Crippen LogP contribution in [-0.4, -0.2) is 30.6 Å². The molecule has 19 heavy (non-hydrogen) atoms. The highest BCUT2D eigenvalue weighted by Crippen LogP contribution is 2.38. The smallest absolute Gasteiger partial charge is 0.0624 e. The minimum atomic E-state index is 0.0842. The van der Waals surface area contributed by atoms with Crippen molar-refractivity contribution in [1.82, 2.24) is 4.90 Å². The van der Waals surface area contributed by atoms with Crippen molar-refractivity contribution in [3.05, 3.63) is 33.8 Å². The number of nitrogens with zero attached hydrogens (tertiary/aromatic N) is 1. The van der Waals surface area contributed by atoms with E-state index in [1.165, 1.54) is 25.7 Å². The quantitative estimate of drug-likeness (QED) is 0.918. The summed E-state index contributed by atoms with van der Waals surface area (Å²) < 4.78 is 0. The summed E-state index contributed by atoms with van der Waals surface area (Å²) in [7, 11) is 4.26. The molecule has 0 aliphatic heterocycles. The molecule has 2 N–H and O–H groups in total. The van der Waals surface area contributed by atoms with Crippen molar-refractivity contribution in [3.63, 3.8) is 0 Å². The molecule has 1 unspecified atom stereocenters. The summed E-state index contributed by atoms with van der Waals surface area (Å²) in [6.07, 6.45) is 5.63. The number of likely N-dealkylation sites (N-methyl/N-ethyl adjacent to an activating group) is 1. The van der Waals surface area contributed by atoms with Gasteiger partial charge in [-0.1, -0.05) is 48.2 Å². The summed E-state index contributed by atoms with van der Waals surface area (Å²) in [6.45, 7) is 0. The van der Waals surface area contributed by atoms with Gasteiger partial charge in [0.15, 0.2) is 0 Å². The maximum atomic E-state index is 6.52. The van der Waals surface area contributed by atoms with Crippen LogP contribution in [0, 0.1) is 0 Å². The molecule has 1 atom stereocenters. The molecule has 0 saturated heterocycles. The zero-order valence-corrected chi connectivity index (χ0v) is 13.1. The Morgan fingerprint density at radius 1 is 1.26 bits per heavy atom. The van der Waals surface area contributed by atoms with E-state index >= 15 is 0 Å². The molecule has 1 aromatic rings. The van der Waals surface area contributed by atoms with Gasteiger partial charge in [0.2, 0.25) is 0 Å². The van der Waals surface area contributed by atoms with E-state index in [0.29, 0.717) is 10.0 Å². The molecule has 0 aromatic heterocycles. The Morgan fingerprint density at radius 2 is 1.89 bits per heavy atom. The highest BCUT2D eigenvalue weighted by molar-refractivity contribution is 6.42. The number of nitrogens with two attached hydrogens (primary N) is 1. The number of halogens is 2. The Bertz CT molecular complexity index is 440. The van der Waals surface area contributed by atoms with Gasteiger partial charge in [0.05, 0.1) is 10.0 Å². The predicted octanol–water partition coefficient (Wildman–Crippen LogP) is 3.74. The van der Waals surface area contributed by atoms with Gasteiger partial charge in [-0.05, 0) is 45.0 Å². The third-order valence-corrected chi connectivity index (χ3v) is 5.38. The number of hydrogen-bond donors (Lipinski definition) is 1. The average molecular weight is 301 g/mol. The standard InChI is InChI=1S/C15H22Cl2N2/c1-19(2)15(8-3-4-9-15)13(18)10-11-6-5-7-12(16)14(11)17/h5-7,13H,3-4,8-10,18H2,1-2H3. The fraction of sp³-hybridized carbons (Fsp3) is 0.600. The topological polar surface area (TPSA) is 29.3 Å². The number of rotatable bonds is 4. The zero-order chi connectivity index (χ0) is 14.0. The van der Waals surface area contributed by atoms with Crippen molar-refractivity contribution in [1.29, 1.82) is 0 Å². The van der Waals surface area contributed by atoms with E-state index in [0.717, 1.165) is 12.0 Å². The van der Waals surface area contributed by atoms with Crippen LogP contribution in [0.5, 0.6) is 0 Å². The fourth-order valence-electron chi connectivity index (χ4n) is 3.27. The van der Waals surface area contributed by atoms with Crippen LogP contribution in [0.15, 0.2) is 18.2 Å². The molecule has 0 bridgehead atoms. The van der Waals surface area contributed by atoms with E-state index in [1.54, 1.807) is 0 Å². The second kappa shape index (κ2) is 6.01. The van der Waals surface area contributed by atoms with E-state index in [9.17, 15) is 0 Å². The van der Waals surface area contributed by atoms with Gasteiger partial charge in [-0.2, -0.15) is 0 Å². The molecule has 1 aliphatic rings. The fourth-order valence-corrected chi connectivity index (χ4v) is 3.67. The zero-order valence-electron chi connectivity index (χ0n) is 11.6. The lowest BCUT2D eigenvalue weighted by Crippen LogP contribution is -2.56. The SMILES string of the molecule is CN(C)C1(C(N)Cc2cccc(Cl)c2Cl)CCCC1. The molecular weight excluding hydrogens is 279 g/mol. The lowest BCUT2D eigenvalue weighted by molar-refractivity contribution is 0.123. The van der Waals surface area contributed by atoms with Crippen molar-refractivity contribution in [3.8, 4) is 0 Å². The largest absolute Gasteiger partial charge is 0.326 e. The first-order valence-electron chi connectivity index (χ1n) is 6.83. The molecule has 1 aliphatic carbocycles. The second-order valence-electron chi connectivity index (χ2n) is 5.73. The molecular formula is C15H22Cl2N2. The average Bonchev–Trinajstić information content (AvgIpc) is 2.85. The van der Waals surface area contributed by atoms with E-state index in [1.807, 2.05) is 18.2 Å². The van der Waals surface area contributed by atoms with Crippen molar-refractivity contribution in [2.45, 2.75) is 43.7 Å². The van der Waals surface area contributed by atoms with E-state index in [2.05, 4.69) is 19.0 Å². The van der Waals surface area contributed by atoms with E-state index in [-0.39, 0.29) is 11.6 Å². The molecule has 0 heterocycles. The van der Waals surface area contributed by atoms with Crippen LogP contribution in [0.25, 0.3) is 0 Å². The third-order valence-electron chi connectivity index (χ3n) is 4.52. The predicted molar refractivity (Wildman–Crippen MR) is 83.0 cm³/mol. The lowest BCUT2D eigenvalue weighted by Gasteiger charge is -2.41. The van der Waals surface area contributed by atoms with Crippen molar-refractivity contribution < 1.29 is 0 Å². The van der Waals surface area contributed by atoms with Crippen LogP contribution in [-0.2, 0) is 6.42 Å². The van der Waals surface area contributed by atoms with Gasteiger partial charge in [0.1, 0.15) is 0 Å². The summed E-state index contributed by atoms with van der Waals surface area (Å²) in [5.41, 5.74) is 7.68. The van der Waals surface area contributed by atoms with E-state index < -0.39 is 0 Å². The highest BCUT2D eigenvalue weighted by atomic mass is 35.5. The molecule has 2 nitrogen and oxygen atoms in total. The van der Waals surface area contributed by atoms with Crippen LogP contribution in [0.4, 0.5) is 0 Å². The molecule has 2 rings (SSSR count). The normalized spacial score (nSPS) is 19.9. The lowest BCUT2D eigenvalue weighted by atomic mass is 9.83. The highest BCUT2D eigenvalue weighted by Gasteiger charge is 2.41. The Morgan fingerprint density at radius 3 is 2.47 bits per heavy atom. The van der Waals surface area contributed by atoms with Gasteiger partial charge in [-0.25, -0.2) is 0 Å². The first kappa shape index (κ1) is 15.1. The molecule has 0 amide bonds. The summed E-state index contributed by atoms with van der Waals surface area (Å²) in [4.78, 5) is 2.29.